The van der Waals surface area contributed by atoms with Gasteiger partial charge in [0.2, 0.25) is 0 Å². The van der Waals surface area contributed by atoms with Crippen LogP contribution in [-0.4, -0.2) is 34.7 Å². The fourth-order valence-electron chi connectivity index (χ4n) is 2.33. The van der Waals surface area contributed by atoms with Crippen LogP contribution < -0.4 is 0 Å². The molecular formula is C14H19F3N2O. The summed E-state index contributed by atoms with van der Waals surface area (Å²) in [4.78, 5) is 5.93. The van der Waals surface area contributed by atoms with E-state index in [1.54, 1.807) is 0 Å². The van der Waals surface area contributed by atoms with Crippen molar-refractivity contribution in [3.8, 4) is 0 Å². The second-order valence-electron chi connectivity index (χ2n) is 5.81. The Labute approximate surface area is 116 Å². The molecule has 1 aromatic rings. The molecule has 1 atom stereocenters. The van der Waals surface area contributed by atoms with E-state index in [0.717, 1.165) is 6.07 Å². The van der Waals surface area contributed by atoms with Crippen molar-refractivity contribution in [2.45, 2.75) is 45.1 Å². The molecule has 2 rings (SSSR count). The Hall–Kier alpha value is -1.14. The summed E-state index contributed by atoms with van der Waals surface area (Å²) in [5.41, 5.74) is -0.885. The smallest absolute Gasteiger partial charge is 0.375 e. The Bertz CT molecular complexity index is 474. The number of morpholine rings is 1. The Balaban J connectivity index is 2.25. The topological polar surface area (TPSA) is 25.4 Å². The predicted molar refractivity (Wildman–Crippen MR) is 69.1 cm³/mol. The minimum absolute atomic E-state index is 0.0149. The summed E-state index contributed by atoms with van der Waals surface area (Å²) < 4.78 is 44.5. The molecule has 0 amide bonds. The molecule has 0 unspecified atom stereocenters. The van der Waals surface area contributed by atoms with E-state index in [4.69, 9.17) is 4.74 Å². The van der Waals surface area contributed by atoms with Crippen LogP contribution in [0.1, 0.15) is 32.0 Å². The van der Waals surface area contributed by atoms with Gasteiger partial charge in [0.15, 0.2) is 0 Å². The summed E-state index contributed by atoms with van der Waals surface area (Å²) in [5, 5.41) is 0. The van der Waals surface area contributed by atoms with Crippen LogP contribution in [-0.2, 0) is 17.5 Å². The molecule has 0 aromatic carbocycles. The number of alkyl halides is 3. The minimum Gasteiger partial charge on any atom is -0.375 e. The molecule has 0 bridgehead atoms. The largest absolute Gasteiger partial charge is 0.418 e. The minimum atomic E-state index is -4.37. The van der Waals surface area contributed by atoms with E-state index in [1.807, 2.05) is 25.7 Å². The van der Waals surface area contributed by atoms with Gasteiger partial charge >= 0.3 is 6.18 Å². The second kappa shape index (κ2) is 5.33. The van der Waals surface area contributed by atoms with Crippen molar-refractivity contribution >= 4 is 0 Å². The van der Waals surface area contributed by atoms with Crippen molar-refractivity contribution in [2.24, 2.45) is 0 Å². The van der Waals surface area contributed by atoms with Crippen molar-refractivity contribution in [1.82, 2.24) is 9.88 Å². The molecule has 0 radical (unpaired) electrons. The fraction of sp³-hybridized carbons (Fsp3) is 0.643. The van der Waals surface area contributed by atoms with Gasteiger partial charge in [-0.2, -0.15) is 13.2 Å². The number of ether oxygens (including phenoxy) is 1. The van der Waals surface area contributed by atoms with Crippen LogP contribution in [0.4, 0.5) is 13.2 Å². The molecule has 20 heavy (non-hydrogen) atoms. The van der Waals surface area contributed by atoms with Crippen molar-refractivity contribution in [2.75, 3.05) is 13.2 Å². The second-order valence-corrected chi connectivity index (χ2v) is 5.81. The van der Waals surface area contributed by atoms with Gasteiger partial charge in [-0.05, 0) is 32.9 Å². The molecule has 1 aliphatic heterocycles. The molecule has 0 spiro atoms. The Morgan fingerprint density at radius 2 is 2.15 bits per heavy atom. The highest BCUT2D eigenvalue weighted by atomic mass is 19.4. The third kappa shape index (κ3) is 3.30. The van der Waals surface area contributed by atoms with Crippen LogP contribution in [0.5, 0.6) is 0 Å². The van der Waals surface area contributed by atoms with Gasteiger partial charge in [-0.25, -0.2) is 0 Å². The van der Waals surface area contributed by atoms with Crippen LogP contribution in [0.3, 0.4) is 0 Å². The van der Waals surface area contributed by atoms with Gasteiger partial charge in [-0.1, -0.05) is 0 Å². The summed E-state index contributed by atoms with van der Waals surface area (Å²) in [6, 6.07) is 2.40. The molecule has 112 valence electrons. The quantitative estimate of drug-likeness (QED) is 0.836. The number of rotatable bonds is 2. The summed E-state index contributed by atoms with van der Waals surface area (Å²) in [6.45, 7) is 7.13. The van der Waals surface area contributed by atoms with Crippen molar-refractivity contribution < 1.29 is 17.9 Å². The summed E-state index contributed by atoms with van der Waals surface area (Å²) in [5.74, 6) is 0. The molecule has 3 nitrogen and oxygen atoms in total. The highest BCUT2D eigenvalue weighted by Crippen LogP contribution is 2.33. The molecule has 1 fully saturated rings. The Morgan fingerprint density at radius 1 is 1.45 bits per heavy atom. The lowest BCUT2D eigenvalue weighted by Crippen LogP contribution is -2.55. The van der Waals surface area contributed by atoms with Crippen LogP contribution in [0.2, 0.25) is 0 Å². The third-order valence-corrected chi connectivity index (χ3v) is 3.59. The van der Waals surface area contributed by atoms with Gasteiger partial charge < -0.3 is 4.74 Å². The molecule has 1 aromatic heterocycles. The molecule has 0 aliphatic carbocycles. The van der Waals surface area contributed by atoms with Gasteiger partial charge in [-0.3, -0.25) is 9.88 Å². The molecule has 1 saturated heterocycles. The van der Waals surface area contributed by atoms with Crippen LogP contribution >= 0.6 is 0 Å². The zero-order chi connectivity index (χ0) is 15.0. The highest BCUT2D eigenvalue weighted by molar-refractivity contribution is 5.23. The zero-order valence-corrected chi connectivity index (χ0v) is 11.9. The fourth-order valence-corrected chi connectivity index (χ4v) is 2.33. The zero-order valence-electron chi connectivity index (χ0n) is 11.9. The number of halogens is 3. The number of nitrogens with zero attached hydrogens (tertiary/aromatic N) is 2. The first-order valence-electron chi connectivity index (χ1n) is 6.58. The molecule has 1 aliphatic rings. The van der Waals surface area contributed by atoms with E-state index in [9.17, 15) is 13.2 Å². The van der Waals surface area contributed by atoms with E-state index < -0.39 is 11.7 Å². The normalized spacial score (nSPS) is 23.8. The molecular weight excluding hydrogens is 269 g/mol. The van der Waals surface area contributed by atoms with E-state index >= 15 is 0 Å². The number of hydrogen-bond donors (Lipinski definition) is 0. The average Bonchev–Trinajstić information content (AvgIpc) is 2.34. The summed E-state index contributed by atoms with van der Waals surface area (Å²) in [6.07, 6.45) is -2.95. The summed E-state index contributed by atoms with van der Waals surface area (Å²) >= 11 is 0. The first-order chi connectivity index (χ1) is 9.20. The maximum absolute atomic E-state index is 13.0. The molecule has 6 heteroatoms. The van der Waals surface area contributed by atoms with Crippen LogP contribution in [0.15, 0.2) is 18.3 Å². The monoisotopic (exact) mass is 288 g/mol. The first-order valence-corrected chi connectivity index (χ1v) is 6.58. The Kier molecular flexibility index (Phi) is 4.07. The van der Waals surface area contributed by atoms with Crippen LogP contribution in [0, 0.1) is 0 Å². The standard InChI is InChI=1S/C14H19F3N2O/c1-10-7-19(13(2,3)9-20-10)8-12-11(14(15,16)17)5-4-6-18-12/h4-6,10H,7-9H2,1-3H3/t10-/m1/s1. The van der Waals surface area contributed by atoms with E-state index in [1.165, 1.54) is 12.3 Å². The first kappa shape index (κ1) is 15.3. The van der Waals surface area contributed by atoms with Gasteiger partial charge in [0, 0.05) is 24.8 Å². The van der Waals surface area contributed by atoms with Crippen molar-refractivity contribution in [3.63, 3.8) is 0 Å². The Morgan fingerprint density at radius 3 is 2.80 bits per heavy atom. The van der Waals surface area contributed by atoms with Gasteiger partial charge in [0.1, 0.15) is 0 Å². The SMILES string of the molecule is C[C@@H]1CN(Cc2ncccc2C(F)(F)F)C(C)(C)CO1. The van der Waals surface area contributed by atoms with Gasteiger partial charge in [0.25, 0.3) is 0 Å². The van der Waals surface area contributed by atoms with Crippen LogP contribution in [0.25, 0.3) is 0 Å². The van der Waals surface area contributed by atoms with Crippen molar-refractivity contribution in [1.29, 1.82) is 0 Å². The number of aromatic nitrogens is 1. The third-order valence-electron chi connectivity index (χ3n) is 3.59. The number of pyridine rings is 1. The maximum atomic E-state index is 13.0. The van der Waals surface area contributed by atoms with Gasteiger partial charge in [0.05, 0.1) is 24.0 Å². The lowest BCUT2D eigenvalue weighted by Gasteiger charge is -2.44. The molecule has 0 saturated carbocycles. The van der Waals surface area contributed by atoms with Gasteiger partial charge in [-0.15, -0.1) is 0 Å². The molecule has 2 heterocycles. The lowest BCUT2D eigenvalue weighted by molar-refractivity contribution is -0.139. The summed E-state index contributed by atoms with van der Waals surface area (Å²) in [7, 11) is 0. The average molecular weight is 288 g/mol. The van der Waals surface area contributed by atoms with E-state index in [-0.39, 0.29) is 23.9 Å². The predicted octanol–water partition coefficient (Wildman–Crippen LogP) is 3.10. The molecule has 0 N–H and O–H groups in total. The lowest BCUT2D eigenvalue weighted by atomic mass is 10.00. The van der Waals surface area contributed by atoms with E-state index in [0.29, 0.717) is 13.2 Å². The highest BCUT2D eigenvalue weighted by Gasteiger charge is 2.38. The number of hydrogen-bond acceptors (Lipinski definition) is 3. The van der Waals surface area contributed by atoms with E-state index in [2.05, 4.69) is 4.98 Å². The maximum Gasteiger partial charge on any atom is 0.418 e. The van der Waals surface area contributed by atoms with Crippen molar-refractivity contribution in [3.05, 3.63) is 29.6 Å².